The zero-order valence-corrected chi connectivity index (χ0v) is 15.0. The minimum absolute atomic E-state index is 0.578. The molecule has 0 spiro atoms. The molecule has 1 aliphatic rings. The molecule has 3 rings (SSSR count). The standard InChI is InChI=1S/C19H25N3OS/c1-20-19(21-12-18-8-5-11-24-18)22-10-9-17(13-22)15-23-14-16-6-3-2-4-7-16/h2-8,11,17H,9-10,12-15H2,1H3,(H,20,21). The largest absolute Gasteiger partial charge is 0.376 e. The number of hydrogen-bond donors (Lipinski definition) is 1. The van der Waals surface area contributed by atoms with Crippen molar-refractivity contribution >= 4 is 17.3 Å². The lowest BCUT2D eigenvalue weighted by Gasteiger charge is -2.21. The molecule has 1 fully saturated rings. The Balaban J connectivity index is 1.40. The van der Waals surface area contributed by atoms with Crippen molar-refractivity contribution < 1.29 is 4.74 Å². The summed E-state index contributed by atoms with van der Waals surface area (Å²) in [5.41, 5.74) is 1.24. The van der Waals surface area contributed by atoms with E-state index in [1.54, 1.807) is 11.3 Å². The summed E-state index contributed by atoms with van der Waals surface area (Å²) in [7, 11) is 1.86. The van der Waals surface area contributed by atoms with E-state index in [9.17, 15) is 0 Å². The van der Waals surface area contributed by atoms with Crippen molar-refractivity contribution in [2.45, 2.75) is 19.6 Å². The van der Waals surface area contributed by atoms with Gasteiger partial charge in [0, 0.05) is 30.9 Å². The minimum Gasteiger partial charge on any atom is -0.376 e. The molecule has 1 N–H and O–H groups in total. The van der Waals surface area contributed by atoms with Crippen LogP contribution in [0.1, 0.15) is 16.9 Å². The molecule has 0 radical (unpaired) electrons. The molecule has 0 aliphatic carbocycles. The summed E-state index contributed by atoms with van der Waals surface area (Å²) >= 11 is 1.77. The molecule has 1 aromatic carbocycles. The van der Waals surface area contributed by atoms with Gasteiger partial charge in [-0.2, -0.15) is 0 Å². The maximum atomic E-state index is 5.90. The molecule has 4 nitrogen and oxygen atoms in total. The van der Waals surface area contributed by atoms with Gasteiger partial charge in [0.1, 0.15) is 0 Å². The first-order valence-electron chi connectivity index (χ1n) is 8.45. The highest BCUT2D eigenvalue weighted by atomic mass is 32.1. The van der Waals surface area contributed by atoms with Gasteiger partial charge in [0.15, 0.2) is 5.96 Å². The second kappa shape index (κ2) is 8.85. The van der Waals surface area contributed by atoms with Gasteiger partial charge >= 0.3 is 0 Å². The second-order valence-electron chi connectivity index (χ2n) is 6.08. The van der Waals surface area contributed by atoms with Gasteiger partial charge in [0.25, 0.3) is 0 Å². The van der Waals surface area contributed by atoms with Crippen LogP contribution in [0.15, 0.2) is 52.8 Å². The smallest absolute Gasteiger partial charge is 0.193 e. The second-order valence-corrected chi connectivity index (χ2v) is 7.11. The number of rotatable bonds is 6. The molecule has 1 aliphatic heterocycles. The van der Waals surface area contributed by atoms with Gasteiger partial charge in [-0.3, -0.25) is 4.99 Å². The third-order valence-corrected chi connectivity index (χ3v) is 5.14. The summed E-state index contributed by atoms with van der Waals surface area (Å²) in [6, 6.07) is 14.6. The van der Waals surface area contributed by atoms with Gasteiger partial charge in [0.05, 0.1) is 19.8 Å². The molecule has 0 amide bonds. The zero-order valence-electron chi connectivity index (χ0n) is 14.1. The number of nitrogens with zero attached hydrogens (tertiary/aromatic N) is 2. The highest BCUT2D eigenvalue weighted by Gasteiger charge is 2.24. The van der Waals surface area contributed by atoms with E-state index in [0.29, 0.717) is 12.5 Å². The molecule has 0 saturated carbocycles. The number of guanidine groups is 1. The van der Waals surface area contributed by atoms with E-state index in [-0.39, 0.29) is 0 Å². The predicted molar refractivity (Wildman–Crippen MR) is 100 cm³/mol. The van der Waals surface area contributed by atoms with E-state index in [1.165, 1.54) is 10.4 Å². The Hall–Kier alpha value is -1.85. The fraction of sp³-hybridized carbons (Fsp3) is 0.421. The van der Waals surface area contributed by atoms with Crippen LogP contribution in [0.5, 0.6) is 0 Å². The van der Waals surface area contributed by atoms with E-state index in [2.05, 4.69) is 57.0 Å². The Morgan fingerprint density at radius 3 is 2.92 bits per heavy atom. The number of ether oxygens (including phenoxy) is 1. The maximum absolute atomic E-state index is 5.90. The average Bonchev–Trinajstić information content (AvgIpc) is 3.29. The summed E-state index contributed by atoms with van der Waals surface area (Å²) in [4.78, 5) is 8.10. The number of thiophene rings is 1. The lowest BCUT2D eigenvalue weighted by molar-refractivity contribution is 0.0906. The molecule has 5 heteroatoms. The summed E-state index contributed by atoms with van der Waals surface area (Å²) < 4.78 is 5.90. The third kappa shape index (κ3) is 4.82. The Kier molecular flexibility index (Phi) is 6.26. The molecule has 24 heavy (non-hydrogen) atoms. The zero-order chi connectivity index (χ0) is 16.6. The van der Waals surface area contributed by atoms with E-state index in [1.807, 2.05) is 13.1 Å². The van der Waals surface area contributed by atoms with Gasteiger partial charge in [-0.15, -0.1) is 11.3 Å². The summed E-state index contributed by atoms with van der Waals surface area (Å²) in [6.45, 7) is 4.41. The lowest BCUT2D eigenvalue weighted by Crippen LogP contribution is -2.39. The van der Waals surface area contributed by atoms with Crippen molar-refractivity contribution in [3.63, 3.8) is 0 Å². The minimum atomic E-state index is 0.578. The van der Waals surface area contributed by atoms with E-state index in [0.717, 1.165) is 38.6 Å². The summed E-state index contributed by atoms with van der Waals surface area (Å²) in [5, 5.41) is 5.57. The Labute approximate surface area is 148 Å². The van der Waals surface area contributed by atoms with Crippen LogP contribution in [0.3, 0.4) is 0 Å². The molecule has 1 unspecified atom stereocenters. The fourth-order valence-corrected chi connectivity index (χ4v) is 3.63. The van der Waals surface area contributed by atoms with Crippen LogP contribution in [0.2, 0.25) is 0 Å². The van der Waals surface area contributed by atoms with Gasteiger partial charge in [-0.05, 0) is 23.4 Å². The normalized spacial score (nSPS) is 18.1. The number of nitrogens with one attached hydrogen (secondary N) is 1. The van der Waals surface area contributed by atoms with Crippen molar-refractivity contribution in [2.24, 2.45) is 10.9 Å². The van der Waals surface area contributed by atoms with Crippen LogP contribution in [0, 0.1) is 5.92 Å². The van der Waals surface area contributed by atoms with Crippen molar-refractivity contribution in [1.29, 1.82) is 0 Å². The highest BCUT2D eigenvalue weighted by Crippen LogP contribution is 2.17. The SMILES string of the molecule is CN=C(NCc1cccs1)N1CCC(COCc2ccccc2)C1. The van der Waals surface area contributed by atoms with Crippen molar-refractivity contribution in [2.75, 3.05) is 26.7 Å². The molecule has 1 aromatic heterocycles. The number of hydrogen-bond acceptors (Lipinski definition) is 3. The van der Waals surface area contributed by atoms with Crippen molar-refractivity contribution in [1.82, 2.24) is 10.2 Å². The van der Waals surface area contributed by atoms with Crippen LogP contribution >= 0.6 is 11.3 Å². The summed E-state index contributed by atoms with van der Waals surface area (Å²) in [5.74, 6) is 1.57. The first-order chi connectivity index (χ1) is 11.8. The molecule has 1 atom stereocenters. The molecule has 0 bridgehead atoms. The van der Waals surface area contributed by atoms with Crippen LogP contribution < -0.4 is 5.32 Å². The molecule has 2 heterocycles. The molecular weight excluding hydrogens is 318 g/mol. The van der Waals surface area contributed by atoms with Crippen LogP contribution in [-0.2, 0) is 17.9 Å². The van der Waals surface area contributed by atoms with Crippen LogP contribution in [-0.4, -0.2) is 37.6 Å². The number of benzene rings is 1. The fourth-order valence-electron chi connectivity index (χ4n) is 2.99. The Bertz CT molecular complexity index is 627. The molecule has 2 aromatic rings. The Morgan fingerprint density at radius 1 is 1.29 bits per heavy atom. The first kappa shape index (κ1) is 17.0. The van der Waals surface area contributed by atoms with E-state index >= 15 is 0 Å². The monoisotopic (exact) mass is 343 g/mol. The van der Waals surface area contributed by atoms with Gasteiger partial charge in [-0.25, -0.2) is 0 Å². The van der Waals surface area contributed by atoms with Crippen molar-refractivity contribution in [3.8, 4) is 0 Å². The van der Waals surface area contributed by atoms with Crippen LogP contribution in [0.4, 0.5) is 0 Å². The average molecular weight is 343 g/mol. The molecule has 1 saturated heterocycles. The van der Waals surface area contributed by atoms with Crippen molar-refractivity contribution in [3.05, 3.63) is 58.3 Å². The topological polar surface area (TPSA) is 36.9 Å². The van der Waals surface area contributed by atoms with Gasteiger partial charge in [0.2, 0.25) is 0 Å². The highest BCUT2D eigenvalue weighted by molar-refractivity contribution is 7.09. The Morgan fingerprint density at radius 2 is 2.17 bits per heavy atom. The number of likely N-dealkylation sites (tertiary alicyclic amines) is 1. The predicted octanol–water partition coefficient (Wildman–Crippen LogP) is 3.36. The van der Waals surface area contributed by atoms with E-state index in [4.69, 9.17) is 4.74 Å². The van der Waals surface area contributed by atoms with Crippen LogP contribution in [0.25, 0.3) is 0 Å². The summed E-state index contributed by atoms with van der Waals surface area (Å²) in [6.07, 6.45) is 1.16. The molecule has 128 valence electrons. The molecular formula is C19H25N3OS. The maximum Gasteiger partial charge on any atom is 0.193 e. The van der Waals surface area contributed by atoms with E-state index < -0.39 is 0 Å². The lowest BCUT2D eigenvalue weighted by atomic mass is 10.1. The van der Waals surface area contributed by atoms with Gasteiger partial charge in [-0.1, -0.05) is 36.4 Å². The van der Waals surface area contributed by atoms with Gasteiger partial charge < -0.3 is 15.0 Å². The number of aliphatic imine (C=N–C) groups is 1. The third-order valence-electron chi connectivity index (χ3n) is 4.26. The quantitative estimate of drug-likeness (QED) is 0.645. The first-order valence-corrected chi connectivity index (χ1v) is 9.33.